The fourth-order valence-electron chi connectivity index (χ4n) is 1.89. The van der Waals surface area contributed by atoms with Crippen molar-refractivity contribution in [2.24, 2.45) is 0 Å². The van der Waals surface area contributed by atoms with Gasteiger partial charge in [-0.05, 0) is 0 Å². The summed E-state index contributed by atoms with van der Waals surface area (Å²) in [6.07, 6.45) is 0.482. The lowest BCUT2D eigenvalue weighted by Gasteiger charge is -2.19. The Labute approximate surface area is 100 Å². The van der Waals surface area contributed by atoms with Crippen LogP contribution in [0.15, 0.2) is 12.1 Å². The quantitative estimate of drug-likeness (QED) is 0.845. The lowest BCUT2D eigenvalue weighted by molar-refractivity contribution is -0.118. The maximum Gasteiger partial charge on any atom is 0.228 e. The Hall–Kier alpha value is -1.91. The highest BCUT2D eigenvalue weighted by atomic mass is 16.5. The summed E-state index contributed by atoms with van der Waals surface area (Å²) >= 11 is 0. The zero-order chi connectivity index (χ0) is 12.4. The van der Waals surface area contributed by atoms with Gasteiger partial charge in [-0.15, -0.1) is 0 Å². The Morgan fingerprint density at radius 1 is 1.24 bits per heavy atom. The fourth-order valence-corrected chi connectivity index (χ4v) is 1.89. The molecule has 1 N–H and O–H groups in total. The number of amides is 1. The van der Waals surface area contributed by atoms with Crippen LogP contribution in [0.5, 0.6) is 11.5 Å². The standard InChI is InChI=1S/C12H16N2O3/c1-14-9-7-11(17-3)10(16-2)6-8(9)13-5-4-12(14)15/h6-7,13H,4-5H2,1-3H3. The van der Waals surface area contributed by atoms with Crippen molar-refractivity contribution in [1.29, 1.82) is 0 Å². The van der Waals surface area contributed by atoms with Crippen LogP contribution < -0.4 is 19.7 Å². The van der Waals surface area contributed by atoms with Crippen molar-refractivity contribution in [3.05, 3.63) is 12.1 Å². The molecule has 0 saturated heterocycles. The zero-order valence-electron chi connectivity index (χ0n) is 10.2. The number of fused-ring (bicyclic) bond motifs is 1. The molecule has 1 amide bonds. The largest absolute Gasteiger partial charge is 0.493 e. The van der Waals surface area contributed by atoms with E-state index in [1.54, 1.807) is 26.2 Å². The summed E-state index contributed by atoms with van der Waals surface area (Å²) in [6, 6.07) is 3.66. The molecule has 1 heterocycles. The highest BCUT2D eigenvalue weighted by Gasteiger charge is 2.21. The third-order valence-corrected chi connectivity index (χ3v) is 2.89. The van der Waals surface area contributed by atoms with Gasteiger partial charge in [0.2, 0.25) is 5.91 Å². The number of hydrogen-bond donors (Lipinski definition) is 1. The van der Waals surface area contributed by atoms with E-state index in [-0.39, 0.29) is 5.91 Å². The van der Waals surface area contributed by atoms with Crippen molar-refractivity contribution in [2.45, 2.75) is 6.42 Å². The van der Waals surface area contributed by atoms with Crippen molar-refractivity contribution in [3.63, 3.8) is 0 Å². The molecule has 1 aromatic rings. The average Bonchev–Trinajstić information content (AvgIpc) is 2.48. The first kappa shape index (κ1) is 11.6. The fraction of sp³-hybridized carbons (Fsp3) is 0.417. The first-order valence-electron chi connectivity index (χ1n) is 5.44. The van der Waals surface area contributed by atoms with Crippen molar-refractivity contribution in [1.82, 2.24) is 0 Å². The van der Waals surface area contributed by atoms with Gasteiger partial charge in [0, 0.05) is 32.1 Å². The number of benzene rings is 1. The van der Waals surface area contributed by atoms with Crippen LogP contribution in [0.25, 0.3) is 0 Å². The van der Waals surface area contributed by atoms with E-state index in [0.29, 0.717) is 24.5 Å². The van der Waals surface area contributed by atoms with E-state index in [1.807, 2.05) is 12.1 Å². The van der Waals surface area contributed by atoms with Crippen LogP contribution >= 0.6 is 0 Å². The Kier molecular flexibility index (Phi) is 3.08. The Bertz CT molecular complexity index is 446. The topological polar surface area (TPSA) is 50.8 Å². The summed E-state index contributed by atoms with van der Waals surface area (Å²) in [5.41, 5.74) is 1.70. The Balaban J connectivity index is 2.52. The van der Waals surface area contributed by atoms with E-state index in [1.165, 1.54) is 0 Å². The van der Waals surface area contributed by atoms with Crippen LogP contribution in [0.3, 0.4) is 0 Å². The molecule has 0 spiro atoms. The van der Waals surface area contributed by atoms with Crippen LogP contribution in [0.4, 0.5) is 11.4 Å². The molecule has 0 atom stereocenters. The molecule has 1 aliphatic rings. The van der Waals surface area contributed by atoms with Crippen molar-refractivity contribution in [2.75, 3.05) is 38.0 Å². The van der Waals surface area contributed by atoms with Crippen LogP contribution in [-0.2, 0) is 4.79 Å². The second-order valence-electron chi connectivity index (χ2n) is 3.85. The second-order valence-corrected chi connectivity index (χ2v) is 3.85. The second kappa shape index (κ2) is 4.53. The normalized spacial score (nSPS) is 14.8. The number of anilines is 2. The third-order valence-electron chi connectivity index (χ3n) is 2.89. The maximum atomic E-state index is 11.7. The molecule has 5 heteroatoms. The van der Waals surface area contributed by atoms with E-state index < -0.39 is 0 Å². The third kappa shape index (κ3) is 2.00. The van der Waals surface area contributed by atoms with E-state index in [9.17, 15) is 4.79 Å². The zero-order valence-corrected chi connectivity index (χ0v) is 10.2. The molecule has 92 valence electrons. The molecule has 2 rings (SSSR count). The van der Waals surface area contributed by atoms with Gasteiger partial charge in [-0.25, -0.2) is 0 Å². The predicted octanol–water partition coefficient (Wildman–Crippen LogP) is 1.48. The number of carbonyl (C=O) groups is 1. The summed E-state index contributed by atoms with van der Waals surface area (Å²) in [4.78, 5) is 13.4. The van der Waals surface area contributed by atoms with Crippen LogP contribution in [0.1, 0.15) is 6.42 Å². The van der Waals surface area contributed by atoms with Gasteiger partial charge in [0.15, 0.2) is 11.5 Å². The van der Waals surface area contributed by atoms with Crippen molar-refractivity contribution in [3.8, 4) is 11.5 Å². The lowest BCUT2D eigenvalue weighted by Crippen LogP contribution is -2.25. The minimum Gasteiger partial charge on any atom is -0.493 e. The molecular formula is C12H16N2O3. The predicted molar refractivity (Wildman–Crippen MR) is 66.1 cm³/mol. The molecule has 1 aromatic carbocycles. The van der Waals surface area contributed by atoms with E-state index >= 15 is 0 Å². The molecule has 1 aliphatic heterocycles. The summed E-state index contributed by atoms with van der Waals surface area (Å²) in [5, 5.41) is 3.21. The summed E-state index contributed by atoms with van der Waals surface area (Å²) in [6.45, 7) is 0.631. The van der Waals surface area contributed by atoms with E-state index in [0.717, 1.165) is 11.4 Å². The van der Waals surface area contributed by atoms with Crippen LogP contribution in [0, 0.1) is 0 Å². The number of hydrogen-bond acceptors (Lipinski definition) is 4. The van der Waals surface area contributed by atoms with Crippen molar-refractivity contribution < 1.29 is 14.3 Å². The highest BCUT2D eigenvalue weighted by Crippen LogP contribution is 2.39. The number of rotatable bonds is 2. The lowest BCUT2D eigenvalue weighted by atomic mass is 10.2. The van der Waals surface area contributed by atoms with Gasteiger partial charge < -0.3 is 19.7 Å². The molecule has 5 nitrogen and oxygen atoms in total. The van der Waals surface area contributed by atoms with Crippen LogP contribution in [0.2, 0.25) is 0 Å². The SMILES string of the molecule is COc1cc2c(cc1OC)N(C)C(=O)CCN2. The molecule has 0 bridgehead atoms. The minimum absolute atomic E-state index is 0.0865. The summed E-state index contributed by atoms with van der Waals surface area (Å²) in [5.74, 6) is 1.36. The van der Waals surface area contributed by atoms with E-state index in [2.05, 4.69) is 5.32 Å². The first-order valence-corrected chi connectivity index (χ1v) is 5.44. The van der Waals surface area contributed by atoms with Gasteiger partial charge in [-0.2, -0.15) is 0 Å². The Morgan fingerprint density at radius 3 is 2.53 bits per heavy atom. The molecule has 0 unspecified atom stereocenters. The number of nitrogens with zero attached hydrogens (tertiary/aromatic N) is 1. The van der Waals surface area contributed by atoms with Gasteiger partial charge in [-0.1, -0.05) is 0 Å². The molecular weight excluding hydrogens is 220 g/mol. The summed E-state index contributed by atoms with van der Waals surface area (Å²) < 4.78 is 10.5. The number of methoxy groups -OCH3 is 2. The first-order chi connectivity index (χ1) is 8.17. The van der Waals surface area contributed by atoms with Gasteiger partial charge in [0.25, 0.3) is 0 Å². The van der Waals surface area contributed by atoms with E-state index in [4.69, 9.17) is 9.47 Å². The monoisotopic (exact) mass is 236 g/mol. The Morgan fingerprint density at radius 2 is 1.88 bits per heavy atom. The average molecular weight is 236 g/mol. The van der Waals surface area contributed by atoms with Gasteiger partial charge in [0.1, 0.15) is 0 Å². The molecule has 0 aliphatic carbocycles. The smallest absolute Gasteiger partial charge is 0.228 e. The molecule has 0 aromatic heterocycles. The molecule has 0 saturated carbocycles. The summed E-state index contributed by atoms with van der Waals surface area (Å²) in [7, 11) is 4.94. The minimum atomic E-state index is 0.0865. The van der Waals surface area contributed by atoms with Gasteiger partial charge in [0.05, 0.1) is 25.6 Å². The number of ether oxygens (including phenoxy) is 2. The molecule has 17 heavy (non-hydrogen) atoms. The molecule has 0 fully saturated rings. The highest BCUT2D eigenvalue weighted by molar-refractivity contribution is 5.98. The van der Waals surface area contributed by atoms with Gasteiger partial charge in [-0.3, -0.25) is 4.79 Å². The number of carbonyl (C=O) groups excluding carboxylic acids is 1. The van der Waals surface area contributed by atoms with Gasteiger partial charge >= 0.3 is 0 Å². The van der Waals surface area contributed by atoms with Crippen molar-refractivity contribution >= 4 is 17.3 Å². The van der Waals surface area contributed by atoms with Crippen LogP contribution in [-0.4, -0.2) is 33.7 Å². The molecule has 0 radical (unpaired) electrons. The maximum absolute atomic E-state index is 11.7. The number of nitrogens with one attached hydrogen (secondary N) is 1.